The van der Waals surface area contributed by atoms with Crippen LogP contribution in [0, 0.1) is 28.1 Å². The van der Waals surface area contributed by atoms with Gasteiger partial charge in [-0.1, -0.05) is 120 Å². The number of nitroso groups, excluding NO2 is 1. The van der Waals surface area contributed by atoms with Crippen molar-refractivity contribution >= 4 is 23.3 Å². The van der Waals surface area contributed by atoms with Crippen LogP contribution in [0.3, 0.4) is 0 Å². The molecule has 1 aliphatic heterocycles. The van der Waals surface area contributed by atoms with E-state index in [9.17, 15) is 24.4 Å². The number of rotatable bonds is 14. The average molecular weight is 804 g/mol. The smallest absolute Gasteiger partial charge is 0.251 e. The van der Waals surface area contributed by atoms with Crippen molar-refractivity contribution in [3.8, 4) is 11.1 Å². The number of carbonyl (C=O) groups is 3. The van der Waals surface area contributed by atoms with Crippen LogP contribution in [0.15, 0.2) is 120 Å². The van der Waals surface area contributed by atoms with Gasteiger partial charge in [0.2, 0.25) is 11.6 Å². The van der Waals surface area contributed by atoms with E-state index in [1.807, 2.05) is 78.9 Å². The zero-order valence-electron chi connectivity index (χ0n) is 33.6. The summed E-state index contributed by atoms with van der Waals surface area (Å²) in [6, 6.07) is 36.5. The second kappa shape index (κ2) is 16.6. The lowest BCUT2D eigenvalue weighted by atomic mass is 9.68. The fourth-order valence-corrected chi connectivity index (χ4v) is 10.3. The maximum absolute atomic E-state index is 13.8. The highest BCUT2D eigenvalue weighted by atomic mass is 16.5. The van der Waals surface area contributed by atoms with Crippen LogP contribution in [-0.4, -0.2) is 70.5 Å². The molecule has 1 aromatic heterocycles. The highest BCUT2D eigenvalue weighted by Gasteiger charge is 2.74. The summed E-state index contributed by atoms with van der Waals surface area (Å²) in [4.78, 5) is 62.9. The number of hydrogen-bond donors (Lipinski definition) is 3. The van der Waals surface area contributed by atoms with Crippen LogP contribution >= 0.6 is 0 Å². The molecule has 306 valence electrons. The Labute approximate surface area is 349 Å². The number of anilines is 1. The molecule has 11 heteroatoms. The first kappa shape index (κ1) is 39.5. The van der Waals surface area contributed by atoms with Crippen LogP contribution in [0.5, 0.6) is 0 Å². The number of fused-ring (bicyclic) bond motifs is 5. The highest BCUT2D eigenvalue weighted by Crippen LogP contribution is 2.72. The summed E-state index contributed by atoms with van der Waals surface area (Å²) in [6.07, 6.45) is 0.786. The molecule has 2 saturated carbocycles. The number of amides is 1. The van der Waals surface area contributed by atoms with E-state index in [1.54, 1.807) is 19.1 Å². The van der Waals surface area contributed by atoms with Gasteiger partial charge >= 0.3 is 0 Å². The molecule has 9 rings (SSSR count). The fraction of sp³-hybridized carbons (Fsp3) is 0.367. The predicted octanol–water partition coefficient (Wildman–Crippen LogP) is 7.09. The molecule has 4 aromatic carbocycles. The first-order chi connectivity index (χ1) is 29.3. The lowest BCUT2D eigenvalue weighted by Gasteiger charge is -2.37. The molecule has 3 unspecified atom stereocenters. The molecule has 1 saturated heterocycles. The number of likely N-dealkylation sites (N-methyl/N-ethyl adjacent to an activating group) is 1. The Balaban J connectivity index is 1.00. The molecule has 4 aliphatic rings. The van der Waals surface area contributed by atoms with Gasteiger partial charge in [-0.25, -0.2) is 9.97 Å². The third-order valence-corrected chi connectivity index (χ3v) is 13.6. The lowest BCUT2D eigenvalue weighted by Crippen LogP contribution is -2.56. The molecule has 2 heterocycles. The summed E-state index contributed by atoms with van der Waals surface area (Å²) in [6.45, 7) is 2.79. The molecule has 0 radical (unpaired) electrons. The number of nitrogens with one attached hydrogen (secondary N) is 2. The minimum atomic E-state index is -1.26. The zero-order chi connectivity index (χ0) is 41.4. The zero-order valence-corrected chi connectivity index (χ0v) is 33.6. The van der Waals surface area contributed by atoms with E-state index in [-0.39, 0.29) is 36.1 Å². The molecule has 3 fully saturated rings. The van der Waals surface area contributed by atoms with E-state index in [4.69, 9.17) is 14.7 Å². The third-order valence-electron chi connectivity index (χ3n) is 13.6. The highest BCUT2D eigenvalue weighted by molar-refractivity contribution is 6.44. The standard InChI is InChI=1S/C49H49N5O6/c1-2-50-48(58)45-42(54-59)46(57)49(28-60-45)38-25-24-36-41(40(38)49)52-39(53-47(36)51-27-37(31-14-8-4-9-15-31)32-16-10-5-11-17-32)26-34-22-23-35(34)44(56)43(55)33-20-18-30(19-21-33)29-12-6-3-7-13-29/h3-21,34-35,37-38,40,42,45-46,57H,2,22-28H2,1H3,(H,50,58)(H,51,52,53)/t34?,35?,38-,40?,42+,45-,46+,49+/m0/s1. The molecule has 0 bridgehead atoms. The maximum Gasteiger partial charge on any atom is 0.251 e. The van der Waals surface area contributed by atoms with Crippen molar-refractivity contribution < 1.29 is 24.2 Å². The molecule has 8 atom stereocenters. The molecular formula is C49H49N5O6. The van der Waals surface area contributed by atoms with Gasteiger partial charge in [0.1, 0.15) is 11.6 Å². The number of aliphatic hydroxyl groups is 1. The number of carbonyl (C=O) groups excluding carboxylic acids is 3. The number of hydrogen-bond acceptors (Lipinski definition) is 10. The molecular weight excluding hydrogens is 755 g/mol. The molecule has 11 nitrogen and oxygen atoms in total. The summed E-state index contributed by atoms with van der Waals surface area (Å²) in [7, 11) is 0. The molecule has 1 spiro atoms. The Kier molecular flexibility index (Phi) is 11.0. The van der Waals surface area contributed by atoms with Gasteiger partial charge in [0.25, 0.3) is 5.91 Å². The van der Waals surface area contributed by atoms with Gasteiger partial charge in [-0.15, -0.1) is 0 Å². The van der Waals surface area contributed by atoms with Crippen molar-refractivity contribution in [2.24, 2.45) is 28.3 Å². The van der Waals surface area contributed by atoms with E-state index < -0.39 is 41.3 Å². The first-order valence-electron chi connectivity index (χ1n) is 21.2. The second-order valence-electron chi connectivity index (χ2n) is 16.8. The molecule has 60 heavy (non-hydrogen) atoms. The van der Waals surface area contributed by atoms with E-state index in [0.29, 0.717) is 49.6 Å². The van der Waals surface area contributed by atoms with Gasteiger partial charge in [-0.2, -0.15) is 4.91 Å². The summed E-state index contributed by atoms with van der Waals surface area (Å²) >= 11 is 0. The summed E-state index contributed by atoms with van der Waals surface area (Å²) in [5, 5.41) is 21.6. The monoisotopic (exact) mass is 803 g/mol. The van der Waals surface area contributed by atoms with Crippen LogP contribution < -0.4 is 10.6 Å². The first-order valence-corrected chi connectivity index (χ1v) is 21.2. The topological polar surface area (TPSA) is 160 Å². The van der Waals surface area contributed by atoms with Gasteiger partial charge in [0.15, 0.2) is 12.1 Å². The summed E-state index contributed by atoms with van der Waals surface area (Å²) < 4.78 is 6.11. The minimum Gasteiger partial charge on any atom is -0.390 e. The summed E-state index contributed by atoms with van der Waals surface area (Å²) in [5.41, 5.74) is 5.64. The van der Waals surface area contributed by atoms with Crippen molar-refractivity contribution in [2.45, 2.75) is 69.1 Å². The Bertz CT molecular complexity index is 2340. The van der Waals surface area contributed by atoms with Crippen LogP contribution in [0.25, 0.3) is 11.1 Å². The fourth-order valence-electron chi connectivity index (χ4n) is 10.3. The minimum absolute atomic E-state index is 0.0191. The van der Waals surface area contributed by atoms with Crippen molar-refractivity contribution in [1.82, 2.24) is 15.3 Å². The number of nitrogens with zero attached hydrogens (tertiary/aromatic N) is 3. The van der Waals surface area contributed by atoms with Crippen LogP contribution in [0.4, 0.5) is 5.82 Å². The normalized spacial score (nSPS) is 26.3. The van der Waals surface area contributed by atoms with E-state index in [1.165, 1.54) is 0 Å². The van der Waals surface area contributed by atoms with Crippen LogP contribution in [0.2, 0.25) is 0 Å². The van der Waals surface area contributed by atoms with Gasteiger partial charge in [-0.3, -0.25) is 14.4 Å². The van der Waals surface area contributed by atoms with Crippen molar-refractivity contribution in [3.63, 3.8) is 0 Å². The van der Waals surface area contributed by atoms with E-state index >= 15 is 0 Å². The lowest BCUT2D eigenvalue weighted by molar-refractivity contribution is -0.154. The van der Waals surface area contributed by atoms with E-state index in [2.05, 4.69) is 40.1 Å². The Morgan fingerprint density at radius 1 is 0.850 bits per heavy atom. The van der Waals surface area contributed by atoms with Gasteiger partial charge in [0.05, 0.1) is 18.4 Å². The molecule has 3 N–H and O–H groups in total. The van der Waals surface area contributed by atoms with Gasteiger partial charge < -0.3 is 20.5 Å². The number of Topliss-reactive ketones (excluding diaryl/α,β-unsaturated/α-hetero) is 2. The Morgan fingerprint density at radius 3 is 2.12 bits per heavy atom. The quantitative estimate of drug-likeness (QED) is 0.0606. The SMILES string of the molecule is CCNC(=O)[C@H]1OC[C@@]2(C3c4nc(CC5CCC5C(=O)C(=O)c5ccc(-c6ccccc6)cc5)nc(NCC(c5ccccc5)c5ccccc5)c4CC[C@@H]32)[C@H](O)[C@@H]1N=O. The van der Waals surface area contributed by atoms with Crippen molar-refractivity contribution in [1.29, 1.82) is 0 Å². The third kappa shape index (κ3) is 7.13. The number of ether oxygens (including phenoxy) is 1. The Hall–Kier alpha value is -5.91. The maximum atomic E-state index is 13.8. The predicted molar refractivity (Wildman–Crippen MR) is 227 cm³/mol. The van der Waals surface area contributed by atoms with Crippen molar-refractivity contribution in [2.75, 3.05) is 25.0 Å². The largest absolute Gasteiger partial charge is 0.390 e. The summed E-state index contributed by atoms with van der Waals surface area (Å²) in [5.74, 6) is -0.867. The van der Waals surface area contributed by atoms with Crippen LogP contribution in [0.1, 0.15) is 76.6 Å². The number of aliphatic hydroxyl groups excluding tert-OH is 1. The Morgan fingerprint density at radius 2 is 1.50 bits per heavy atom. The number of ketones is 2. The average Bonchev–Trinajstić information content (AvgIpc) is 3.95. The van der Waals surface area contributed by atoms with E-state index in [0.717, 1.165) is 46.4 Å². The van der Waals surface area contributed by atoms with Crippen molar-refractivity contribution in [3.05, 3.63) is 154 Å². The van der Waals surface area contributed by atoms with Gasteiger partial charge in [0, 0.05) is 53.8 Å². The number of benzene rings is 4. The van der Waals surface area contributed by atoms with Gasteiger partial charge in [-0.05, 0) is 66.7 Å². The van der Waals surface area contributed by atoms with Crippen LogP contribution in [-0.2, 0) is 27.2 Å². The second-order valence-corrected chi connectivity index (χ2v) is 16.8. The molecule has 5 aromatic rings. The molecule has 3 aliphatic carbocycles. The number of aromatic nitrogens is 2. The molecule has 1 amide bonds.